The molecule has 0 saturated carbocycles. The van der Waals surface area contributed by atoms with Crippen LogP contribution in [0.15, 0.2) is 12.3 Å². The average molecular weight is 261 g/mol. The van der Waals surface area contributed by atoms with E-state index in [1.165, 1.54) is 4.90 Å². The van der Waals surface area contributed by atoms with Gasteiger partial charge in [0.1, 0.15) is 10.8 Å². The molecular weight excluding hydrogens is 252 g/mol. The molecule has 5 nitrogen and oxygen atoms in total. The van der Waals surface area contributed by atoms with Gasteiger partial charge in [0.25, 0.3) is 0 Å². The minimum absolute atomic E-state index is 0.0695. The summed E-state index contributed by atoms with van der Waals surface area (Å²) in [5, 5.41) is 1.06. The standard InChI is InChI=1S/C12H9ClN4O/c1-2-7-5-9(18)17(6-7)12-15-10(13)8-3-4-14-11(8)16-12/h1,3-4,7H,5-6H2,(H,14,15,16). The van der Waals surface area contributed by atoms with Crippen molar-refractivity contribution >= 4 is 34.5 Å². The smallest absolute Gasteiger partial charge is 0.235 e. The normalized spacial score (nSPS) is 19.4. The van der Waals surface area contributed by atoms with Crippen LogP contribution in [0.5, 0.6) is 0 Å². The van der Waals surface area contributed by atoms with Crippen molar-refractivity contribution in [3.8, 4) is 12.3 Å². The maximum atomic E-state index is 11.8. The van der Waals surface area contributed by atoms with E-state index in [1.807, 2.05) is 0 Å². The maximum absolute atomic E-state index is 11.8. The number of H-pyrrole nitrogens is 1. The van der Waals surface area contributed by atoms with Crippen molar-refractivity contribution < 1.29 is 4.79 Å². The number of carbonyl (C=O) groups is 1. The average Bonchev–Trinajstić information content (AvgIpc) is 2.95. The lowest BCUT2D eigenvalue weighted by atomic mass is 10.1. The van der Waals surface area contributed by atoms with Gasteiger partial charge >= 0.3 is 0 Å². The number of fused-ring (bicyclic) bond motifs is 1. The van der Waals surface area contributed by atoms with E-state index in [0.29, 0.717) is 29.7 Å². The van der Waals surface area contributed by atoms with E-state index >= 15 is 0 Å². The molecule has 0 spiro atoms. The van der Waals surface area contributed by atoms with Crippen molar-refractivity contribution in [1.29, 1.82) is 0 Å². The van der Waals surface area contributed by atoms with Gasteiger partial charge in [-0.3, -0.25) is 9.69 Å². The molecule has 1 saturated heterocycles. The summed E-state index contributed by atoms with van der Waals surface area (Å²) in [5.74, 6) is 2.73. The van der Waals surface area contributed by atoms with Crippen molar-refractivity contribution in [3.05, 3.63) is 17.4 Å². The van der Waals surface area contributed by atoms with Gasteiger partial charge in [-0.15, -0.1) is 12.3 Å². The molecule has 1 aliphatic rings. The molecule has 0 radical (unpaired) electrons. The van der Waals surface area contributed by atoms with Crippen molar-refractivity contribution in [2.24, 2.45) is 5.92 Å². The van der Waals surface area contributed by atoms with Gasteiger partial charge in [-0.05, 0) is 6.07 Å². The van der Waals surface area contributed by atoms with Crippen LogP contribution < -0.4 is 4.90 Å². The topological polar surface area (TPSA) is 61.9 Å². The number of rotatable bonds is 1. The molecule has 0 aliphatic carbocycles. The van der Waals surface area contributed by atoms with Gasteiger partial charge in [-0.25, -0.2) is 0 Å². The Bertz CT molecular complexity index is 672. The van der Waals surface area contributed by atoms with Crippen LogP contribution in [0.1, 0.15) is 6.42 Å². The molecule has 6 heteroatoms. The van der Waals surface area contributed by atoms with Gasteiger partial charge < -0.3 is 4.98 Å². The first-order chi connectivity index (χ1) is 8.69. The van der Waals surface area contributed by atoms with Crippen LogP contribution in [-0.2, 0) is 4.79 Å². The number of hydrogen-bond donors (Lipinski definition) is 1. The minimum atomic E-state index is -0.0841. The number of carbonyl (C=O) groups excluding carboxylic acids is 1. The SMILES string of the molecule is C#CC1CC(=O)N(c2nc(Cl)c3cc[nH]c3n2)C1. The Balaban J connectivity index is 2.05. The number of anilines is 1. The molecule has 2 aromatic heterocycles. The molecule has 1 amide bonds. The lowest BCUT2D eigenvalue weighted by Gasteiger charge is -2.13. The predicted octanol–water partition coefficient (Wildman–Crippen LogP) is 1.60. The van der Waals surface area contributed by atoms with E-state index in [2.05, 4.69) is 20.9 Å². The molecule has 1 unspecified atom stereocenters. The summed E-state index contributed by atoms with van der Waals surface area (Å²) in [4.78, 5) is 24.7. The molecule has 0 aromatic carbocycles. The predicted molar refractivity (Wildman–Crippen MR) is 68.2 cm³/mol. The minimum Gasteiger partial charge on any atom is -0.346 e. The first kappa shape index (κ1) is 11.1. The van der Waals surface area contributed by atoms with E-state index in [1.54, 1.807) is 12.3 Å². The number of amides is 1. The van der Waals surface area contributed by atoms with Crippen molar-refractivity contribution in [2.75, 3.05) is 11.4 Å². The molecule has 1 fully saturated rings. The quantitative estimate of drug-likeness (QED) is 0.626. The molecular formula is C12H9ClN4O. The molecule has 3 heterocycles. The second kappa shape index (κ2) is 4.00. The molecule has 0 bridgehead atoms. The zero-order valence-corrected chi connectivity index (χ0v) is 10.1. The Morgan fingerprint density at radius 3 is 3.11 bits per heavy atom. The Kier molecular flexibility index (Phi) is 2.46. The van der Waals surface area contributed by atoms with Gasteiger partial charge in [0, 0.05) is 25.1 Å². The monoisotopic (exact) mass is 260 g/mol. The fraction of sp³-hybridized carbons (Fsp3) is 0.250. The number of hydrogen-bond acceptors (Lipinski definition) is 3. The summed E-state index contributed by atoms with van der Waals surface area (Å²) in [6.07, 6.45) is 7.40. The van der Waals surface area contributed by atoms with E-state index in [-0.39, 0.29) is 11.8 Å². The third-order valence-corrected chi connectivity index (χ3v) is 3.25. The van der Waals surface area contributed by atoms with Crippen molar-refractivity contribution in [3.63, 3.8) is 0 Å². The van der Waals surface area contributed by atoms with Gasteiger partial charge in [-0.2, -0.15) is 9.97 Å². The number of aromatic amines is 1. The third kappa shape index (κ3) is 1.62. The Morgan fingerprint density at radius 1 is 1.56 bits per heavy atom. The first-order valence-corrected chi connectivity index (χ1v) is 5.84. The van der Waals surface area contributed by atoms with Crippen LogP contribution in [0.4, 0.5) is 5.95 Å². The Morgan fingerprint density at radius 2 is 2.39 bits per heavy atom. The van der Waals surface area contributed by atoms with E-state index in [9.17, 15) is 4.79 Å². The maximum Gasteiger partial charge on any atom is 0.235 e. The van der Waals surface area contributed by atoms with Crippen LogP contribution in [0.3, 0.4) is 0 Å². The molecule has 18 heavy (non-hydrogen) atoms. The lowest BCUT2D eigenvalue weighted by molar-refractivity contribution is -0.117. The molecule has 2 aromatic rings. The van der Waals surface area contributed by atoms with Crippen LogP contribution in [0, 0.1) is 18.3 Å². The van der Waals surface area contributed by atoms with E-state index < -0.39 is 0 Å². The van der Waals surface area contributed by atoms with Crippen LogP contribution >= 0.6 is 11.6 Å². The van der Waals surface area contributed by atoms with Crippen LogP contribution in [0.25, 0.3) is 11.0 Å². The summed E-state index contributed by atoms with van der Waals surface area (Å²) in [5.41, 5.74) is 0.613. The summed E-state index contributed by atoms with van der Waals surface area (Å²) in [7, 11) is 0. The Hall–Kier alpha value is -2.06. The largest absolute Gasteiger partial charge is 0.346 e. The second-order valence-electron chi connectivity index (χ2n) is 4.13. The number of nitrogens with one attached hydrogen (secondary N) is 1. The first-order valence-electron chi connectivity index (χ1n) is 5.46. The van der Waals surface area contributed by atoms with Gasteiger partial charge in [-0.1, -0.05) is 11.6 Å². The fourth-order valence-corrected chi connectivity index (χ4v) is 2.25. The molecule has 1 atom stereocenters. The highest BCUT2D eigenvalue weighted by atomic mass is 35.5. The summed E-state index contributed by atoms with van der Waals surface area (Å²) in [6.45, 7) is 0.442. The number of terminal acetylenes is 1. The van der Waals surface area contributed by atoms with Crippen LogP contribution in [-0.4, -0.2) is 27.4 Å². The number of halogens is 1. The zero-order chi connectivity index (χ0) is 12.7. The number of nitrogens with zero attached hydrogens (tertiary/aromatic N) is 3. The highest BCUT2D eigenvalue weighted by Gasteiger charge is 2.31. The second-order valence-corrected chi connectivity index (χ2v) is 4.48. The molecule has 90 valence electrons. The van der Waals surface area contributed by atoms with Gasteiger partial charge in [0.05, 0.1) is 5.39 Å². The van der Waals surface area contributed by atoms with Crippen molar-refractivity contribution in [2.45, 2.75) is 6.42 Å². The highest BCUT2D eigenvalue weighted by Crippen LogP contribution is 2.26. The number of aromatic nitrogens is 3. The van der Waals surface area contributed by atoms with Crippen LogP contribution in [0.2, 0.25) is 5.15 Å². The Labute approximate surface area is 108 Å². The molecule has 1 aliphatic heterocycles. The highest BCUT2D eigenvalue weighted by molar-refractivity contribution is 6.34. The lowest BCUT2D eigenvalue weighted by Crippen LogP contribution is -2.26. The van der Waals surface area contributed by atoms with E-state index in [4.69, 9.17) is 18.0 Å². The summed E-state index contributed by atoms with van der Waals surface area (Å²) >= 11 is 6.05. The summed E-state index contributed by atoms with van der Waals surface area (Å²) < 4.78 is 0. The third-order valence-electron chi connectivity index (χ3n) is 2.96. The van der Waals surface area contributed by atoms with Gasteiger partial charge in [0.2, 0.25) is 11.9 Å². The molecule has 3 rings (SSSR count). The zero-order valence-electron chi connectivity index (χ0n) is 9.35. The molecule has 1 N–H and O–H groups in total. The fourth-order valence-electron chi connectivity index (χ4n) is 2.03. The van der Waals surface area contributed by atoms with Crippen molar-refractivity contribution in [1.82, 2.24) is 15.0 Å². The summed E-state index contributed by atoms with van der Waals surface area (Å²) in [6, 6.07) is 1.79. The van der Waals surface area contributed by atoms with Gasteiger partial charge in [0.15, 0.2) is 0 Å². The van der Waals surface area contributed by atoms with E-state index in [0.717, 1.165) is 5.39 Å².